The number of fused-ring (bicyclic) bond motifs is 3. The van der Waals surface area contributed by atoms with Gasteiger partial charge in [-0.05, 0) is 55.5 Å². The highest BCUT2D eigenvalue weighted by Gasteiger charge is 2.19. The molecule has 3 aromatic rings. The summed E-state index contributed by atoms with van der Waals surface area (Å²) in [5.41, 5.74) is 7.14. The van der Waals surface area contributed by atoms with Gasteiger partial charge in [-0.25, -0.2) is 5.43 Å². The molecule has 2 N–H and O–H groups in total. The molecule has 144 valence electrons. The fourth-order valence-corrected chi connectivity index (χ4v) is 4.29. The summed E-state index contributed by atoms with van der Waals surface area (Å²) in [7, 11) is 0. The summed E-state index contributed by atoms with van der Waals surface area (Å²) >= 11 is 3.35. The number of halogens is 1. The number of aryl methyl sites for hydroxylation is 2. The summed E-state index contributed by atoms with van der Waals surface area (Å²) in [4.78, 5) is 12.3. The van der Waals surface area contributed by atoms with Crippen LogP contribution in [0.2, 0.25) is 0 Å². The number of hydrazone groups is 1. The molecule has 0 atom stereocenters. The number of benzene rings is 2. The molecule has 1 amide bonds. The van der Waals surface area contributed by atoms with Crippen LogP contribution in [0.4, 0.5) is 0 Å². The van der Waals surface area contributed by atoms with Crippen LogP contribution in [0.15, 0.2) is 52.0 Å². The number of hydrogen-bond donors (Lipinski definition) is 2. The summed E-state index contributed by atoms with van der Waals surface area (Å²) in [5.74, 6) is -0.0280. The molecule has 0 saturated heterocycles. The predicted octanol–water partition coefficient (Wildman–Crippen LogP) is 4.53. The third kappa shape index (κ3) is 3.83. The zero-order valence-corrected chi connectivity index (χ0v) is 17.1. The average molecular weight is 440 g/mol. The van der Waals surface area contributed by atoms with Gasteiger partial charge in [0.2, 0.25) is 5.91 Å². The molecule has 0 unspecified atom stereocenters. The van der Waals surface area contributed by atoms with Crippen LogP contribution in [0.25, 0.3) is 10.9 Å². The highest BCUT2D eigenvalue weighted by atomic mass is 79.9. The fourth-order valence-electron chi connectivity index (χ4n) is 3.91. The van der Waals surface area contributed by atoms with Crippen molar-refractivity contribution < 1.29 is 9.90 Å². The summed E-state index contributed by atoms with van der Waals surface area (Å²) in [5, 5.41) is 15.1. The Balaban J connectivity index is 1.44. The van der Waals surface area contributed by atoms with Crippen molar-refractivity contribution in [2.45, 2.75) is 38.6 Å². The van der Waals surface area contributed by atoms with Gasteiger partial charge in [0.25, 0.3) is 0 Å². The predicted molar refractivity (Wildman–Crippen MR) is 115 cm³/mol. The van der Waals surface area contributed by atoms with E-state index >= 15 is 0 Å². The first-order valence-corrected chi connectivity index (χ1v) is 10.3. The Morgan fingerprint density at radius 2 is 2.04 bits per heavy atom. The van der Waals surface area contributed by atoms with Crippen LogP contribution >= 0.6 is 15.9 Å². The van der Waals surface area contributed by atoms with Gasteiger partial charge in [0.15, 0.2) is 0 Å². The van der Waals surface area contributed by atoms with Crippen LogP contribution < -0.4 is 5.43 Å². The van der Waals surface area contributed by atoms with Crippen molar-refractivity contribution in [3.8, 4) is 5.75 Å². The number of nitrogens with one attached hydrogen (secondary N) is 1. The van der Waals surface area contributed by atoms with E-state index in [1.165, 1.54) is 41.2 Å². The van der Waals surface area contributed by atoms with Crippen LogP contribution in [0.5, 0.6) is 5.75 Å². The molecule has 0 aliphatic heterocycles. The largest absolute Gasteiger partial charge is 0.507 e. The van der Waals surface area contributed by atoms with Crippen LogP contribution in [-0.4, -0.2) is 21.8 Å². The number of carbonyl (C=O) groups is 1. The first kappa shape index (κ1) is 18.7. The molecule has 4 rings (SSSR count). The van der Waals surface area contributed by atoms with Gasteiger partial charge < -0.3 is 9.67 Å². The minimum absolute atomic E-state index is 0.117. The van der Waals surface area contributed by atoms with Gasteiger partial charge in [0, 0.05) is 39.6 Å². The van der Waals surface area contributed by atoms with E-state index < -0.39 is 0 Å². The molecular formula is C22H22BrN3O2. The van der Waals surface area contributed by atoms with Gasteiger partial charge in [-0.15, -0.1) is 0 Å². The van der Waals surface area contributed by atoms with Gasteiger partial charge >= 0.3 is 0 Å². The van der Waals surface area contributed by atoms with E-state index in [2.05, 4.69) is 55.3 Å². The number of rotatable bonds is 5. The Morgan fingerprint density at radius 1 is 1.21 bits per heavy atom. The molecule has 6 heteroatoms. The summed E-state index contributed by atoms with van der Waals surface area (Å²) < 4.78 is 3.13. The van der Waals surface area contributed by atoms with Crippen molar-refractivity contribution in [3.63, 3.8) is 0 Å². The van der Waals surface area contributed by atoms with E-state index in [4.69, 9.17) is 0 Å². The SMILES string of the molecule is O=C(CCn1c2c(c3ccccc31)CCCC2)N/N=C/c1cc(Br)ccc1O. The molecule has 1 aromatic heterocycles. The zero-order chi connectivity index (χ0) is 19.5. The monoisotopic (exact) mass is 439 g/mol. The quantitative estimate of drug-likeness (QED) is 0.452. The molecule has 28 heavy (non-hydrogen) atoms. The molecular weight excluding hydrogens is 418 g/mol. The summed E-state index contributed by atoms with van der Waals surface area (Å²) in [6.07, 6.45) is 6.44. The van der Waals surface area contributed by atoms with Crippen LogP contribution in [-0.2, 0) is 24.2 Å². The first-order valence-electron chi connectivity index (χ1n) is 9.53. The maximum atomic E-state index is 12.3. The zero-order valence-electron chi connectivity index (χ0n) is 15.5. The van der Waals surface area contributed by atoms with E-state index in [-0.39, 0.29) is 11.7 Å². The number of aromatic hydroxyl groups is 1. The van der Waals surface area contributed by atoms with Crippen molar-refractivity contribution >= 4 is 39.0 Å². The minimum atomic E-state index is -0.145. The first-order chi connectivity index (χ1) is 13.6. The lowest BCUT2D eigenvalue weighted by Crippen LogP contribution is -2.20. The molecule has 0 spiro atoms. The van der Waals surface area contributed by atoms with Crippen molar-refractivity contribution in [3.05, 3.63) is 63.8 Å². The second-order valence-electron chi connectivity index (χ2n) is 7.05. The normalized spacial score (nSPS) is 13.8. The summed E-state index contributed by atoms with van der Waals surface area (Å²) in [6, 6.07) is 13.5. The van der Waals surface area contributed by atoms with Crippen molar-refractivity contribution in [1.29, 1.82) is 0 Å². The molecule has 1 aliphatic rings. The van der Waals surface area contributed by atoms with Crippen molar-refractivity contribution in [2.75, 3.05) is 0 Å². The number of aromatic nitrogens is 1. The Labute approximate surface area is 172 Å². The third-order valence-electron chi connectivity index (χ3n) is 5.23. The van der Waals surface area contributed by atoms with Gasteiger partial charge in [0.1, 0.15) is 5.75 Å². The molecule has 5 nitrogen and oxygen atoms in total. The lowest BCUT2D eigenvalue weighted by atomic mass is 9.95. The Bertz CT molecular complexity index is 1060. The number of phenolic OH excluding ortho intramolecular Hbond substituents is 1. The Morgan fingerprint density at radius 3 is 2.93 bits per heavy atom. The fraction of sp³-hybridized carbons (Fsp3) is 0.273. The standard InChI is InChI=1S/C22H22BrN3O2/c23-16-9-10-21(27)15(13-16)14-24-25-22(28)11-12-26-19-7-3-1-5-17(19)18-6-2-4-8-20(18)26/h1,3,5,7,9-10,13-14,27H,2,4,6,8,11-12H2,(H,25,28)/b24-14+. The van der Waals surface area contributed by atoms with E-state index in [0.29, 0.717) is 18.5 Å². The smallest absolute Gasteiger partial charge is 0.241 e. The lowest BCUT2D eigenvalue weighted by molar-refractivity contribution is -0.121. The second-order valence-corrected chi connectivity index (χ2v) is 7.96. The average Bonchev–Trinajstić information content (AvgIpc) is 3.03. The molecule has 1 aliphatic carbocycles. The molecule has 2 aromatic carbocycles. The second kappa shape index (κ2) is 8.19. The van der Waals surface area contributed by atoms with E-state index in [9.17, 15) is 9.90 Å². The number of nitrogens with zero attached hydrogens (tertiary/aromatic N) is 2. The lowest BCUT2D eigenvalue weighted by Gasteiger charge is -2.15. The van der Waals surface area contributed by atoms with Crippen LogP contribution in [0.1, 0.15) is 36.1 Å². The number of para-hydroxylation sites is 1. The Hall–Kier alpha value is -2.60. The maximum Gasteiger partial charge on any atom is 0.241 e. The number of hydrogen-bond acceptors (Lipinski definition) is 3. The van der Waals surface area contributed by atoms with Crippen LogP contribution in [0, 0.1) is 0 Å². The van der Waals surface area contributed by atoms with E-state index in [0.717, 1.165) is 17.3 Å². The highest BCUT2D eigenvalue weighted by molar-refractivity contribution is 9.10. The maximum absolute atomic E-state index is 12.3. The van der Waals surface area contributed by atoms with Gasteiger partial charge in [-0.1, -0.05) is 34.1 Å². The van der Waals surface area contributed by atoms with Crippen molar-refractivity contribution in [1.82, 2.24) is 9.99 Å². The van der Waals surface area contributed by atoms with Gasteiger partial charge in [0.05, 0.1) is 6.21 Å². The molecule has 0 saturated carbocycles. The third-order valence-corrected chi connectivity index (χ3v) is 5.72. The Kier molecular flexibility index (Phi) is 5.48. The topological polar surface area (TPSA) is 66.6 Å². The van der Waals surface area contributed by atoms with Crippen molar-refractivity contribution in [2.24, 2.45) is 5.10 Å². The molecule has 1 heterocycles. The molecule has 0 radical (unpaired) electrons. The van der Waals surface area contributed by atoms with Gasteiger partial charge in [-0.2, -0.15) is 5.10 Å². The minimum Gasteiger partial charge on any atom is -0.507 e. The molecule has 0 bridgehead atoms. The number of carbonyl (C=O) groups excluding carboxylic acids is 1. The number of amides is 1. The van der Waals surface area contributed by atoms with Gasteiger partial charge in [-0.3, -0.25) is 4.79 Å². The van der Waals surface area contributed by atoms with Crippen LogP contribution in [0.3, 0.4) is 0 Å². The highest BCUT2D eigenvalue weighted by Crippen LogP contribution is 2.32. The molecule has 0 fully saturated rings. The number of phenols is 1. The van der Waals surface area contributed by atoms with E-state index in [1.54, 1.807) is 18.2 Å². The van der Waals surface area contributed by atoms with E-state index in [1.807, 2.05) is 0 Å². The summed E-state index contributed by atoms with van der Waals surface area (Å²) in [6.45, 7) is 0.638.